The molecule has 19 heavy (non-hydrogen) atoms. The van der Waals surface area contributed by atoms with Gasteiger partial charge in [-0.05, 0) is 36.5 Å². The van der Waals surface area contributed by atoms with Gasteiger partial charge in [-0.15, -0.1) is 0 Å². The molecule has 0 radical (unpaired) electrons. The second-order valence-electron chi connectivity index (χ2n) is 5.89. The summed E-state index contributed by atoms with van der Waals surface area (Å²) in [4.78, 5) is 23.2. The summed E-state index contributed by atoms with van der Waals surface area (Å²) in [5.74, 6) is 0.0410. The molecule has 0 heterocycles. The van der Waals surface area contributed by atoms with Crippen molar-refractivity contribution in [2.75, 3.05) is 10.6 Å². The summed E-state index contributed by atoms with van der Waals surface area (Å²) in [6.07, 6.45) is 0.934. The smallest absolute Gasteiger partial charge is 0.228 e. The van der Waals surface area contributed by atoms with Crippen molar-refractivity contribution in [3.63, 3.8) is 0 Å². The van der Waals surface area contributed by atoms with Crippen molar-refractivity contribution in [1.82, 2.24) is 0 Å². The zero-order chi connectivity index (χ0) is 14.2. The average molecular weight is 260 g/mol. The minimum Gasteiger partial charge on any atom is -0.326 e. The highest BCUT2D eigenvalue weighted by atomic mass is 16.2. The zero-order valence-electron chi connectivity index (χ0n) is 11.8. The van der Waals surface area contributed by atoms with Crippen molar-refractivity contribution in [3.8, 4) is 0 Å². The monoisotopic (exact) mass is 260 g/mol. The first kappa shape index (κ1) is 13.6. The number of benzene rings is 1. The number of carbonyl (C=O) groups is 2. The van der Waals surface area contributed by atoms with Gasteiger partial charge in [-0.1, -0.05) is 19.9 Å². The van der Waals surface area contributed by atoms with Gasteiger partial charge in [-0.25, -0.2) is 0 Å². The maximum atomic E-state index is 12.1. The molecule has 1 atom stereocenters. The Kier molecular flexibility index (Phi) is 3.35. The summed E-state index contributed by atoms with van der Waals surface area (Å²) in [5, 5.41) is 5.71. The van der Waals surface area contributed by atoms with Crippen LogP contribution in [-0.2, 0) is 9.59 Å². The van der Waals surface area contributed by atoms with Crippen molar-refractivity contribution in [3.05, 3.63) is 23.8 Å². The maximum absolute atomic E-state index is 12.1. The number of nitrogens with one attached hydrogen (secondary N) is 2. The van der Waals surface area contributed by atoms with Gasteiger partial charge in [-0.2, -0.15) is 0 Å². The molecule has 102 valence electrons. The van der Waals surface area contributed by atoms with Crippen LogP contribution in [0.4, 0.5) is 11.4 Å². The van der Waals surface area contributed by atoms with E-state index in [9.17, 15) is 9.59 Å². The number of hydrogen-bond donors (Lipinski definition) is 2. The number of hydrogen-bond acceptors (Lipinski definition) is 2. The molecule has 1 aromatic rings. The second-order valence-corrected chi connectivity index (χ2v) is 5.89. The Hall–Kier alpha value is -1.84. The third-order valence-electron chi connectivity index (χ3n) is 3.73. The maximum Gasteiger partial charge on any atom is 0.228 e. The summed E-state index contributed by atoms with van der Waals surface area (Å²) < 4.78 is 0. The number of anilines is 2. The molecular formula is C15H20N2O2. The van der Waals surface area contributed by atoms with Crippen LogP contribution in [0.2, 0.25) is 0 Å². The molecule has 0 aliphatic heterocycles. The summed E-state index contributed by atoms with van der Waals surface area (Å²) in [7, 11) is 0. The minimum absolute atomic E-state index is 0.0630. The summed E-state index contributed by atoms with van der Waals surface area (Å²) in [5.41, 5.74) is 2.50. The molecule has 2 rings (SSSR count). The predicted octanol–water partition coefficient (Wildman–Crippen LogP) is 2.94. The van der Waals surface area contributed by atoms with Crippen LogP contribution in [-0.4, -0.2) is 11.8 Å². The summed E-state index contributed by atoms with van der Waals surface area (Å²) in [6, 6.07) is 5.51. The van der Waals surface area contributed by atoms with Crippen molar-refractivity contribution in [2.45, 2.75) is 34.1 Å². The first-order valence-electron chi connectivity index (χ1n) is 6.49. The van der Waals surface area contributed by atoms with E-state index in [4.69, 9.17) is 0 Å². The van der Waals surface area contributed by atoms with E-state index in [0.29, 0.717) is 0 Å². The molecule has 2 amide bonds. The molecule has 1 aliphatic carbocycles. The third kappa shape index (κ3) is 2.95. The molecule has 0 spiro atoms. The molecule has 4 heteroatoms. The van der Waals surface area contributed by atoms with Crippen LogP contribution in [0.3, 0.4) is 0 Å². The van der Waals surface area contributed by atoms with Crippen LogP contribution in [0.15, 0.2) is 18.2 Å². The number of amides is 2. The SMILES string of the molecule is CC(=O)Nc1cccc(NC(=O)C2CC2(C)C)c1C. The lowest BCUT2D eigenvalue weighted by Crippen LogP contribution is -2.17. The second kappa shape index (κ2) is 4.68. The Morgan fingerprint density at radius 1 is 1.21 bits per heavy atom. The predicted molar refractivity (Wildman–Crippen MR) is 76.0 cm³/mol. The van der Waals surface area contributed by atoms with Gasteiger partial charge in [0.15, 0.2) is 0 Å². The Morgan fingerprint density at radius 3 is 2.21 bits per heavy atom. The molecule has 1 saturated carbocycles. The Bertz CT molecular complexity index is 535. The van der Waals surface area contributed by atoms with E-state index >= 15 is 0 Å². The lowest BCUT2D eigenvalue weighted by Gasteiger charge is -2.13. The largest absolute Gasteiger partial charge is 0.326 e. The fourth-order valence-corrected chi connectivity index (χ4v) is 2.23. The fourth-order valence-electron chi connectivity index (χ4n) is 2.23. The van der Waals surface area contributed by atoms with E-state index in [-0.39, 0.29) is 23.1 Å². The quantitative estimate of drug-likeness (QED) is 0.877. The third-order valence-corrected chi connectivity index (χ3v) is 3.73. The molecule has 1 aromatic carbocycles. The highest BCUT2D eigenvalue weighted by molar-refractivity contribution is 5.97. The molecule has 1 unspecified atom stereocenters. The minimum atomic E-state index is -0.116. The van der Waals surface area contributed by atoms with Gasteiger partial charge in [0.25, 0.3) is 0 Å². The Morgan fingerprint density at radius 2 is 1.74 bits per heavy atom. The number of rotatable bonds is 3. The van der Waals surface area contributed by atoms with Crippen molar-refractivity contribution < 1.29 is 9.59 Å². The van der Waals surface area contributed by atoms with E-state index in [1.807, 2.05) is 25.1 Å². The van der Waals surface area contributed by atoms with Crippen molar-refractivity contribution in [2.24, 2.45) is 11.3 Å². The van der Waals surface area contributed by atoms with E-state index in [2.05, 4.69) is 24.5 Å². The molecular weight excluding hydrogens is 240 g/mol. The highest BCUT2D eigenvalue weighted by Crippen LogP contribution is 2.52. The topological polar surface area (TPSA) is 58.2 Å². The standard InChI is InChI=1S/C15H20N2O2/c1-9-12(16-10(2)18)6-5-7-13(9)17-14(19)11-8-15(11,3)4/h5-7,11H,8H2,1-4H3,(H,16,18)(H,17,19). The Balaban J connectivity index is 2.13. The van der Waals surface area contributed by atoms with Crippen LogP contribution >= 0.6 is 0 Å². The lowest BCUT2D eigenvalue weighted by molar-refractivity contribution is -0.118. The molecule has 0 aromatic heterocycles. The molecule has 0 saturated heterocycles. The molecule has 0 bridgehead atoms. The summed E-state index contributed by atoms with van der Waals surface area (Å²) in [6.45, 7) is 7.55. The van der Waals surface area contributed by atoms with E-state index < -0.39 is 0 Å². The van der Waals surface area contributed by atoms with E-state index in [1.165, 1.54) is 6.92 Å². The van der Waals surface area contributed by atoms with Crippen molar-refractivity contribution >= 4 is 23.2 Å². The van der Waals surface area contributed by atoms with Gasteiger partial charge in [0.05, 0.1) is 0 Å². The molecule has 2 N–H and O–H groups in total. The lowest BCUT2D eigenvalue weighted by atomic mass is 10.1. The first-order chi connectivity index (χ1) is 8.81. The summed E-state index contributed by atoms with van der Waals surface area (Å²) >= 11 is 0. The fraction of sp³-hybridized carbons (Fsp3) is 0.467. The highest BCUT2D eigenvalue weighted by Gasteiger charge is 2.50. The van der Waals surface area contributed by atoms with Crippen molar-refractivity contribution in [1.29, 1.82) is 0 Å². The molecule has 4 nitrogen and oxygen atoms in total. The van der Waals surface area contributed by atoms with Crippen LogP contribution in [0.5, 0.6) is 0 Å². The zero-order valence-corrected chi connectivity index (χ0v) is 11.8. The first-order valence-corrected chi connectivity index (χ1v) is 6.49. The van der Waals surface area contributed by atoms with Crippen LogP contribution in [0.25, 0.3) is 0 Å². The van der Waals surface area contributed by atoms with E-state index in [0.717, 1.165) is 23.4 Å². The van der Waals surface area contributed by atoms with Gasteiger partial charge in [0, 0.05) is 24.2 Å². The van der Waals surface area contributed by atoms with Gasteiger partial charge in [-0.3, -0.25) is 9.59 Å². The van der Waals surface area contributed by atoms with Gasteiger partial charge >= 0.3 is 0 Å². The number of carbonyl (C=O) groups excluding carboxylic acids is 2. The van der Waals surface area contributed by atoms with Crippen LogP contribution in [0.1, 0.15) is 32.8 Å². The Labute approximate surface area is 113 Å². The molecule has 1 fully saturated rings. The van der Waals surface area contributed by atoms with Gasteiger partial charge in [0.1, 0.15) is 0 Å². The van der Waals surface area contributed by atoms with Crippen LogP contribution < -0.4 is 10.6 Å². The normalized spacial score (nSPS) is 19.7. The van der Waals surface area contributed by atoms with Crippen LogP contribution in [0, 0.1) is 18.3 Å². The van der Waals surface area contributed by atoms with Gasteiger partial charge in [0.2, 0.25) is 11.8 Å². The van der Waals surface area contributed by atoms with E-state index in [1.54, 1.807) is 0 Å². The molecule has 1 aliphatic rings. The van der Waals surface area contributed by atoms with Gasteiger partial charge < -0.3 is 10.6 Å². The average Bonchev–Trinajstić information content (AvgIpc) is 2.93.